The molecular formula is C16H23N3. The van der Waals surface area contributed by atoms with Crippen LogP contribution in [0.1, 0.15) is 24.4 Å². The van der Waals surface area contributed by atoms with Crippen molar-refractivity contribution in [1.29, 1.82) is 0 Å². The molecule has 2 aromatic rings. The van der Waals surface area contributed by atoms with E-state index in [4.69, 9.17) is 0 Å². The Balaban J connectivity index is 1.99. The zero-order valence-corrected chi connectivity index (χ0v) is 11.8. The maximum absolute atomic E-state index is 3.46. The second-order valence-electron chi connectivity index (χ2n) is 5.79. The zero-order valence-electron chi connectivity index (χ0n) is 11.8. The molecule has 1 aliphatic heterocycles. The standard InChI is InChI=1S/C16H23N3/c1-19(2)16(12-7-9-17-10-8-12)14-11-18-15-6-4-3-5-13(14)15/h3-6,11-12,16-18H,7-10H2,1-2H3. The molecule has 2 heterocycles. The maximum atomic E-state index is 3.46. The second-order valence-corrected chi connectivity index (χ2v) is 5.79. The summed E-state index contributed by atoms with van der Waals surface area (Å²) in [6, 6.07) is 9.14. The molecule has 1 aromatic carbocycles. The average Bonchev–Trinajstić information content (AvgIpc) is 2.84. The van der Waals surface area contributed by atoms with Gasteiger partial charge in [0.05, 0.1) is 0 Å². The molecule has 3 nitrogen and oxygen atoms in total. The van der Waals surface area contributed by atoms with Gasteiger partial charge < -0.3 is 15.2 Å². The van der Waals surface area contributed by atoms with Crippen LogP contribution in [0.25, 0.3) is 10.9 Å². The first-order chi connectivity index (χ1) is 9.27. The number of benzene rings is 1. The van der Waals surface area contributed by atoms with Crippen LogP contribution in [-0.2, 0) is 0 Å². The van der Waals surface area contributed by atoms with Crippen molar-refractivity contribution in [2.45, 2.75) is 18.9 Å². The van der Waals surface area contributed by atoms with Crippen LogP contribution >= 0.6 is 0 Å². The average molecular weight is 257 g/mol. The molecule has 1 aliphatic rings. The highest BCUT2D eigenvalue weighted by Gasteiger charge is 2.28. The van der Waals surface area contributed by atoms with E-state index in [0.717, 1.165) is 19.0 Å². The van der Waals surface area contributed by atoms with Gasteiger partial charge in [0, 0.05) is 23.1 Å². The van der Waals surface area contributed by atoms with Gasteiger partial charge in [0.25, 0.3) is 0 Å². The highest BCUT2D eigenvalue weighted by atomic mass is 15.1. The predicted molar refractivity (Wildman–Crippen MR) is 80.3 cm³/mol. The van der Waals surface area contributed by atoms with Gasteiger partial charge in [0.2, 0.25) is 0 Å². The molecule has 1 aromatic heterocycles. The third kappa shape index (κ3) is 2.40. The Labute approximate surface area is 115 Å². The molecule has 1 atom stereocenters. The summed E-state index contributed by atoms with van der Waals surface area (Å²) in [6.07, 6.45) is 4.74. The number of hydrogen-bond acceptors (Lipinski definition) is 2. The van der Waals surface area contributed by atoms with E-state index in [1.807, 2.05) is 0 Å². The maximum Gasteiger partial charge on any atom is 0.0457 e. The number of fused-ring (bicyclic) bond motifs is 1. The Bertz CT molecular complexity index is 538. The second kappa shape index (κ2) is 5.35. The number of H-pyrrole nitrogens is 1. The summed E-state index contributed by atoms with van der Waals surface area (Å²) < 4.78 is 0. The minimum absolute atomic E-state index is 0.512. The van der Waals surface area contributed by atoms with E-state index >= 15 is 0 Å². The van der Waals surface area contributed by atoms with Crippen LogP contribution < -0.4 is 5.32 Å². The van der Waals surface area contributed by atoms with Gasteiger partial charge in [-0.05, 0) is 57.6 Å². The van der Waals surface area contributed by atoms with Gasteiger partial charge in [0.1, 0.15) is 0 Å². The molecular weight excluding hydrogens is 234 g/mol. The van der Waals surface area contributed by atoms with Gasteiger partial charge in [-0.1, -0.05) is 18.2 Å². The SMILES string of the molecule is CN(C)C(c1c[nH]c2ccccc12)C1CCNCC1. The van der Waals surface area contributed by atoms with Crippen LogP contribution in [-0.4, -0.2) is 37.1 Å². The van der Waals surface area contributed by atoms with Crippen LogP contribution in [0.5, 0.6) is 0 Å². The fourth-order valence-electron chi connectivity index (χ4n) is 3.45. The minimum Gasteiger partial charge on any atom is -0.361 e. The lowest BCUT2D eigenvalue weighted by Gasteiger charge is -2.35. The van der Waals surface area contributed by atoms with Crippen molar-refractivity contribution in [3.8, 4) is 0 Å². The van der Waals surface area contributed by atoms with E-state index < -0.39 is 0 Å². The summed E-state index contributed by atoms with van der Waals surface area (Å²) in [5.74, 6) is 0.746. The molecule has 0 spiro atoms. The van der Waals surface area contributed by atoms with Crippen LogP contribution in [0, 0.1) is 5.92 Å². The molecule has 0 amide bonds. The third-order valence-electron chi connectivity index (χ3n) is 4.33. The molecule has 0 radical (unpaired) electrons. The number of aromatic nitrogens is 1. The van der Waals surface area contributed by atoms with E-state index in [1.165, 1.54) is 29.3 Å². The quantitative estimate of drug-likeness (QED) is 0.886. The number of rotatable bonds is 3. The highest BCUT2D eigenvalue weighted by Crippen LogP contribution is 2.36. The summed E-state index contributed by atoms with van der Waals surface area (Å²) in [5, 5.41) is 4.84. The van der Waals surface area contributed by atoms with Crippen molar-refractivity contribution in [1.82, 2.24) is 15.2 Å². The molecule has 1 fully saturated rings. The summed E-state index contributed by atoms with van der Waals surface area (Å²) >= 11 is 0. The van der Waals surface area contributed by atoms with E-state index in [0.29, 0.717) is 6.04 Å². The first kappa shape index (κ1) is 12.7. The van der Waals surface area contributed by atoms with Crippen molar-refractivity contribution in [3.05, 3.63) is 36.0 Å². The van der Waals surface area contributed by atoms with Gasteiger partial charge in [-0.25, -0.2) is 0 Å². The molecule has 19 heavy (non-hydrogen) atoms. The fourth-order valence-corrected chi connectivity index (χ4v) is 3.45. The Hall–Kier alpha value is -1.32. The molecule has 3 heteroatoms. The number of hydrogen-bond donors (Lipinski definition) is 2. The first-order valence-electron chi connectivity index (χ1n) is 7.20. The number of nitrogens with zero attached hydrogens (tertiary/aromatic N) is 1. The monoisotopic (exact) mass is 257 g/mol. The largest absolute Gasteiger partial charge is 0.361 e. The van der Waals surface area contributed by atoms with Crippen LogP contribution in [0.2, 0.25) is 0 Å². The first-order valence-corrected chi connectivity index (χ1v) is 7.20. The van der Waals surface area contributed by atoms with Gasteiger partial charge >= 0.3 is 0 Å². The van der Waals surface area contributed by atoms with E-state index in [2.05, 4.69) is 59.8 Å². The normalized spacial score (nSPS) is 19.1. The van der Waals surface area contributed by atoms with Crippen molar-refractivity contribution in [2.24, 2.45) is 5.92 Å². The van der Waals surface area contributed by atoms with E-state index in [9.17, 15) is 0 Å². The van der Waals surface area contributed by atoms with E-state index in [-0.39, 0.29) is 0 Å². The van der Waals surface area contributed by atoms with Gasteiger partial charge in [-0.2, -0.15) is 0 Å². The van der Waals surface area contributed by atoms with Crippen molar-refractivity contribution in [2.75, 3.05) is 27.2 Å². The Morgan fingerprint density at radius 1 is 1.16 bits per heavy atom. The zero-order chi connectivity index (χ0) is 13.2. The number of nitrogens with one attached hydrogen (secondary N) is 2. The fraction of sp³-hybridized carbons (Fsp3) is 0.500. The summed E-state index contributed by atoms with van der Waals surface area (Å²) in [4.78, 5) is 5.80. The topological polar surface area (TPSA) is 31.1 Å². The van der Waals surface area contributed by atoms with Crippen LogP contribution in [0.3, 0.4) is 0 Å². The lowest BCUT2D eigenvalue weighted by Crippen LogP contribution is -2.35. The summed E-state index contributed by atoms with van der Waals surface area (Å²) in [6.45, 7) is 2.30. The van der Waals surface area contributed by atoms with Crippen molar-refractivity contribution in [3.63, 3.8) is 0 Å². The molecule has 3 rings (SSSR count). The predicted octanol–water partition coefficient (Wildman–Crippen LogP) is 2.77. The van der Waals surface area contributed by atoms with E-state index in [1.54, 1.807) is 0 Å². The summed E-state index contributed by atoms with van der Waals surface area (Å²) in [5.41, 5.74) is 2.70. The number of aromatic amines is 1. The van der Waals surface area contributed by atoms with Crippen molar-refractivity contribution >= 4 is 10.9 Å². The van der Waals surface area contributed by atoms with Gasteiger partial charge in [0.15, 0.2) is 0 Å². The third-order valence-corrected chi connectivity index (χ3v) is 4.33. The van der Waals surface area contributed by atoms with Crippen LogP contribution in [0.15, 0.2) is 30.5 Å². The molecule has 0 bridgehead atoms. The molecule has 0 aliphatic carbocycles. The lowest BCUT2D eigenvalue weighted by molar-refractivity contribution is 0.179. The number of para-hydroxylation sites is 1. The van der Waals surface area contributed by atoms with Gasteiger partial charge in [-0.3, -0.25) is 0 Å². The van der Waals surface area contributed by atoms with Crippen molar-refractivity contribution < 1.29 is 0 Å². The Morgan fingerprint density at radius 3 is 2.63 bits per heavy atom. The van der Waals surface area contributed by atoms with Crippen LogP contribution in [0.4, 0.5) is 0 Å². The molecule has 1 saturated heterocycles. The number of piperidine rings is 1. The highest BCUT2D eigenvalue weighted by molar-refractivity contribution is 5.83. The molecule has 102 valence electrons. The van der Waals surface area contributed by atoms with Gasteiger partial charge in [-0.15, -0.1) is 0 Å². The molecule has 1 unspecified atom stereocenters. The lowest BCUT2D eigenvalue weighted by atomic mass is 9.85. The molecule has 0 saturated carbocycles. The smallest absolute Gasteiger partial charge is 0.0457 e. The summed E-state index contributed by atoms with van der Waals surface area (Å²) in [7, 11) is 4.41. The minimum atomic E-state index is 0.512. The Morgan fingerprint density at radius 2 is 1.89 bits per heavy atom. The molecule has 2 N–H and O–H groups in total. The Kier molecular flexibility index (Phi) is 3.58.